The van der Waals surface area contributed by atoms with Gasteiger partial charge in [0.25, 0.3) is 10.0 Å². The Morgan fingerprint density at radius 3 is 2.67 bits per heavy atom. The maximum absolute atomic E-state index is 12.8. The predicted octanol–water partition coefficient (Wildman–Crippen LogP) is 2.98. The number of Topliss-reactive ketones (excluding diaryl/α,β-unsaturated/α-hetero) is 1. The molecule has 0 spiro atoms. The molecular formula is C15H16ClNO3S. The molecule has 0 aromatic heterocycles. The third kappa shape index (κ3) is 3.07. The molecule has 1 heterocycles. The highest BCUT2D eigenvalue weighted by atomic mass is 35.5. The number of carbonyl (C=O) groups excluding carboxylic acids is 1. The Hall–Kier alpha value is -1.51. The average molecular weight is 326 g/mol. The Bertz CT molecular complexity index is 665. The zero-order valence-corrected chi connectivity index (χ0v) is 13.5. The van der Waals surface area contributed by atoms with Gasteiger partial charge in [0, 0.05) is 18.5 Å². The lowest BCUT2D eigenvalue weighted by atomic mass is 9.99. The van der Waals surface area contributed by atoms with Crippen LogP contribution in [0.2, 0.25) is 5.02 Å². The van der Waals surface area contributed by atoms with Gasteiger partial charge in [-0.15, -0.1) is 0 Å². The second-order valence-corrected chi connectivity index (χ2v) is 7.05. The minimum Gasteiger partial charge on any atom is -0.299 e. The first kappa shape index (κ1) is 15.9. The van der Waals surface area contributed by atoms with Crippen LogP contribution in [-0.4, -0.2) is 24.5 Å². The van der Waals surface area contributed by atoms with Crippen LogP contribution >= 0.6 is 11.6 Å². The number of hydrogen-bond donors (Lipinski definition) is 0. The van der Waals surface area contributed by atoms with E-state index in [-0.39, 0.29) is 29.6 Å². The lowest BCUT2D eigenvalue weighted by Gasteiger charge is -2.36. The fourth-order valence-corrected chi connectivity index (χ4v) is 4.27. The fourth-order valence-electron chi connectivity index (χ4n) is 2.43. The molecule has 0 aliphatic carbocycles. The summed E-state index contributed by atoms with van der Waals surface area (Å²) in [4.78, 5) is 11.8. The summed E-state index contributed by atoms with van der Waals surface area (Å²) in [5.74, 6) is 0.0630. The zero-order chi connectivity index (χ0) is 15.6. The van der Waals surface area contributed by atoms with Crippen LogP contribution in [0, 0.1) is 12.1 Å². The first-order valence-corrected chi connectivity index (χ1v) is 8.52. The van der Waals surface area contributed by atoms with Crippen LogP contribution in [0.1, 0.15) is 33.1 Å². The highest BCUT2D eigenvalue weighted by Gasteiger charge is 2.37. The smallest absolute Gasteiger partial charge is 0.272 e. The summed E-state index contributed by atoms with van der Waals surface area (Å²) in [6.07, 6.45) is 2.63. The summed E-state index contributed by atoms with van der Waals surface area (Å²) in [5.41, 5.74) is 0.515. The minimum atomic E-state index is -3.76. The first-order chi connectivity index (χ1) is 9.90. The van der Waals surface area contributed by atoms with Crippen LogP contribution in [0.25, 0.3) is 0 Å². The van der Waals surface area contributed by atoms with Gasteiger partial charge in [-0.2, -0.15) is 0 Å². The topological polar surface area (TPSA) is 54.5 Å². The molecule has 0 radical (unpaired) electrons. The zero-order valence-electron chi connectivity index (χ0n) is 11.9. The summed E-state index contributed by atoms with van der Waals surface area (Å²) < 4.78 is 27.0. The predicted molar refractivity (Wildman–Crippen MR) is 80.2 cm³/mol. The summed E-state index contributed by atoms with van der Waals surface area (Å²) in [7, 11) is -3.76. The van der Waals surface area contributed by atoms with Gasteiger partial charge in [-0.3, -0.25) is 9.10 Å². The molecule has 6 heteroatoms. The van der Waals surface area contributed by atoms with E-state index in [4.69, 9.17) is 11.6 Å². The van der Waals surface area contributed by atoms with E-state index in [1.165, 1.54) is 16.4 Å². The van der Waals surface area contributed by atoms with E-state index in [0.29, 0.717) is 17.1 Å². The summed E-state index contributed by atoms with van der Waals surface area (Å²) in [5, 5.41) is 0.307. The minimum absolute atomic E-state index is 0.0130. The maximum Gasteiger partial charge on any atom is 0.272 e. The number of allylic oxidation sites excluding steroid dienone is 2. The number of halogens is 1. The van der Waals surface area contributed by atoms with Crippen LogP contribution in [0.3, 0.4) is 0 Å². The Labute approximate surface area is 130 Å². The second-order valence-electron chi connectivity index (χ2n) is 4.86. The number of sulfonamides is 1. The first-order valence-electron chi connectivity index (χ1n) is 6.71. The molecule has 4 nitrogen and oxygen atoms in total. The maximum atomic E-state index is 12.8. The van der Waals surface area contributed by atoms with E-state index >= 15 is 0 Å². The average Bonchev–Trinajstić information content (AvgIpc) is 2.46. The van der Waals surface area contributed by atoms with Gasteiger partial charge >= 0.3 is 0 Å². The van der Waals surface area contributed by atoms with Crippen molar-refractivity contribution in [3.63, 3.8) is 0 Å². The van der Waals surface area contributed by atoms with E-state index in [1.54, 1.807) is 13.0 Å². The normalized spacial score (nSPS) is 21.5. The van der Waals surface area contributed by atoms with Gasteiger partial charge in [0.15, 0.2) is 0 Å². The number of rotatable bonds is 3. The molecule has 112 valence electrons. The summed E-state index contributed by atoms with van der Waals surface area (Å²) in [6.45, 7) is 3.61. The third-order valence-corrected chi connectivity index (χ3v) is 5.55. The molecule has 21 heavy (non-hydrogen) atoms. The van der Waals surface area contributed by atoms with Crippen LogP contribution in [0.15, 0.2) is 28.8 Å². The molecular weight excluding hydrogens is 310 g/mol. The van der Waals surface area contributed by atoms with E-state index < -0.39 is 10.0 Å². The van der Waals surface area contributed by atoms with Crippen molar-refractivity contribution in [2.24, 2.45) is 0 Å². The molecule has 1 atom stereocenters. The molecule has 0 saturated carbocycles. The fraction of sp³-hybridized carbons (Fsp3) is 0.400. The Morgan fingerprint density at radius 2 is 2.14 bits per heavy atom. The molecule has 1 aliphatic rings. The molecule has 0 bridgehead atoms. The SMILES string of the molecule is C/C=C1\CC(=O)C[C@@H](CC)N1S(=O)(=O)c1c#cc(Cl)cc1. The van der Waals surface area contributed by atoms with Gasteiger partial charge < -0.3 is 0 Å². The van der Waals surface area contributed by atoms with E-state index in [0.717, 1.165) is 0 Å². The Kier molecular flexibility index (Phi) is 4.60. The van der Waals surface area contributed by atoms with Crippen molar-refractivity contribution in [1.82, 2.24) is 4.31 Å². The number of hydrogen-bond acceptors (Lipinski definition) is 3. The molecule has 1 saturated heterocycles. The highest BCUT2D eigenvalue weighted by Crippen LogP contribution is 2.31. The quantitative estimate of drug-likeness (QED) is 0.858. The number of nitrogens with zero attached hydrogens (tertiary/aromatic N) is 1. The van der Waals surface area contributed by atoms with E-state index in [1.807, 2.05) is 6.92 Å². The van der Waals surface area contributed by atoms with E-state index in [2.05, 4.69) is 12.1 Å². The lowest BCUT2D eigenvalue weighted by Crippen LogP contribution is -2.44. The van der Waals surface area contributed by atoms with Gasteiger partial charge in [-0.05, 0) is 37.6 Å². The van der Waals surface area contributed by atoms with Crippen LogP contribution in [0.5, 0.6) is 0 Å². The summed E-state index contributed by atoms with van der Waals surface area (Å²) in [6, 6.07) is 7.66. The van der Waals surface area contributed by atoms with Gasteiger partial charge in [-0.25, -0.2) is 8.42 Å². The molecule has 0 N–H and O–H groups in total. The van der Waals surface area contributed by atoms with Gasteiger partial charge in [-0.1, -0.05) is 24.6 Å². The molecule has 0 unspecified atom stereocenters. The van der Waals surface area contributed by atoms with E-state index in [9.17, 15) is 13.2 Å². The molecule has 0 amide bonds. The van der Waals surface area contributed by atoms with Gasteiger partial charge in [0.2, 0.25) is 0 Å². The number of ketones is 1. The molecule has 2 rings (SSSR count). The standard InChI is InChI=1S/C15H16ClNO3S/c1-3-12-9-14(18)10-13(4-2)17(12)21(19,20)15-7-5-11(16)6-8-15/h3,5,7,13H,4,9-10H2,1-2H3/b12-3+/t13-/m1/s1. The Balaban J connectivity index is 2.49. The molecule has 1 aliphatic heterocycles. The second kappa shape index (κ2) is 6.08. The number of carbonyl (C=O) groups is 1. The van der Waals surface area contributed by atoms with Crippen molar-refractivity contribution >= 4 is 27.4 Å². The van der Waals surface area contributed by atoms with Crippen molar-refractivity contribution in [2.75, 3.05) is 0 Å². The monoisotopic (exact) mass is 325 g/mol. The van der Waals surface area contributed by atoms with Crippen LogP contribution < -0.4 is 0 Å². The molecule has 1 fully saturated rings. The lowest BCUT2D eigenvalue weighted by molar-refractivity contribution is -0.120. The molecule has 1 aromatic rings. The van der Waals surface area contributed by atoms with Crippen LogP contribution in [0.4, 0.5) is 0 Å². The Morgan fingerprint density at radius 1 is 1.43 bits per heavy atom. The van der Waals surface area contributed by atoms with Crippen molar-refractivity contribution in [3.05, 3.63) is 41.1 Å². The molecule has 1 aromatic carbocycles. The van der Waals surface area contributed by atoms with Gasteiger partial charge in [0.1, 0.15) is 10.7 Å². The number of piperidine rings is 1. The summed E-state index contributed by atoms with van der Waals surface area (Å²) >= 11 is 5.73. The van der Waals surface area contributed by atoms with Crippen molar-refractivity contribution in [2.45, 2.75) is 44.0 Å². The third-order valence-electron chi connectivity index (χ3n) is 3.48. The van der Waals surface area contributed by atoms with Crippen LogP contribution in [-0.2, 0) is 14.8 Å². The van der Waals surface area contributed by atoms with Gasteiger partial charge in [0.05, 0.1) is 11.1 Å². The van der Waals surface area contributed by atoms with Crippen molar-refractivity contribution in [1.29, 1.82) is 0 Å². The highest BCUT2D eigenvalue weighted by molar-refractivity contribution is 7.89. The van der Waals surface area contributed by atoms with Crippen molar-refractivity contribution in [3.8, 4) is 0 Å². The largest absolute Gasteiger partial charge is 0.299 e. The van der Waals surface area contributed by atoms with Crippen molar-refractivity contribution < 1.29 is 13.2 Å².